The fraction of sp³-hybridized carbons (Fsp3) is 0.250. The van der Waals surface area contributed by atoms with Gasteiger partial charge in [0, 0.05) is 0 Å². The smallest absolute Gasteiger partial charge is 0.327 e. The monoisotopic (exact) mass is 207 g/mol. The van der Waals surface area contributed by atoms with Crippen LogP contribution in [-0.4, -0.2) is 36.7 Å². The quantitative estimate of drug-likeness (QED) is 0.726. The summed E-state index contributed by atoms with van der Waals surface area (Å²) in [6.07, 6.45) is 4.42. The number of aromatic nitrogens is 4. The Morgan fingerprint density at radius 3 is 3.13 bits per heavy atom. The van der Waals surface area contributed by atoms with Crippen LogP contribution < -0.4 is 5.43 Å². The summed E-state index contributed by atoms with van der Waals surface area (Å²) in [6, 6.07) is -0.711. The first-order valence-corrected chi connectivity index (χ1v) is 4.31. The molecule has 0 saturated carbocycles. The van der Waals surface area contributed by atoms with Crippen molar-refractivity contribution in [1.82, 2.24) is 19.6 Å². The lowest BCUT2D eigenvalue weighted by Crippen LogP contribution is -2.31. The lowest BCUT2D eigenvalue weighted by molar-refractivity contribution is -0.137. The summed E-state index contributed by atoms with van der Waals surface area (Å²) in [5.74, 6) is -0.939. The van der Waals surface area contributed by atoms with Crippen molar-refractivity contribution in [2.24, 2.45) is 0 Å². The van der Waals surface area contributed by atoms with Crippen LogP contribution in [0.2, 0.25) is 0 Å². The maximum absolute atomic E-state index is 10.6. The highest BCUT2D eigenvalue weighted by atomic mass is 16.4. The Kier molecular flexibility index (Phi) is 2.20. The molecule has 2 heterocycles. The van der Waals surface area contributed by atoms with E-state index in [1.54, 1.807) is 6.20 Å². The van der Waals surface area contributed by atoms with Crippen molar-refractivity contribution in [1.29, 1.82) is 0 Å². The molecule has 2 aromatic rings. The highest BCUT2D eigenvalue weighted by Crippen LogP contribution is 2.05. The third-order valence-electron chi connectivity index (χ3n) is 1.92. The third-order valence-corrected chi connectivity index (χ3v) is 1.92. The van der Waals surface area contributed by atoms with Crippen molar-refractivity contribution in [2.45, 2.75) is 13.0 Å². The van der Waals surface area contributed by atoms with Gasteiger partial charge in [0.2, 0.25) is 0 Å². The van der Waals surface area contributed by atoms with E-state index in [0.29, 0.717) is 11.2 Å². The summed E-state index contributed by atoms with van der Waals surface area (Å²) >= 11 is 0. The molecule has 1 atom stereocenters. The van der Waals surface area contributed by atoms with Crippen LogP contribution >= 0.6 is 0 Å². The van der Waals surface area contributed by atoms with E-state index in [1.165, 1.54) is 24.3 Å². The van der Waals surface area contributed by atoms with Gasteiger partial charge in [-0.3, -0.25) is 0 Å². The lowest BCUT2D eigenvalue weighted by atomic mass is 10.4. The number of carbonyl (C=O) groups is 1. The van der Waals surface area contributed by atoms with E-state index < -0.39 is 12.0 Å². The van der Waals surface area contributed by atoms with Crippen LogP contribution in [0.1, 0.15) is 6.92 Å². The van der Waals surface area contributed by atoms with E-state index in [9.17, 15) is 4.79 Å². The van der Waals surface area contributed by atoms with Gasteiger partial charge in [-0.05, 0) is 6.92 Å². The maximum Gasteiger partial charge on any atom is 0.327 e. The van der Waals surface area contributed by atoms with Crippen molar-refractivity contribution in [3.8, 4) is 0 Å². The van der Waals surface area contributed by atoms with Gasteiger partial charge in [-0.15, -0.1) is 0 Å². The second-order valence-electron chi connectivity index (χ2n) is 3.04. The van der Waals surface area contributed by atoms with Crippen LogP contribution in [0.5, 0.6) is 0 Å². The number of carboxylic acids is 1. The van der Waals surface area contributed by atoms with Crippen molar-refractivity contribution in [3.63, 3.8) is 0 Å². The molecule has 0 bridgehead atoms. The molecule has 0 aliphatic heterocycles. The Hall–Kier alpha value is -2.18. The molecule has 0 aliphatic carbocycles. The van der Waals surface area contributed by atoms with E-state index in [1.807, 2.05) is 0 Å². The number of fused-ring (bicyclic) bond motifs is 1. The molecule has 0 aromatic carbocycles. The molecule has 0 fully saturated rings. The van der Waals surface area contributed by atoms with E-state index >= 15 is 0 Å². The number of aliphatic carboxylic acids is 1. The molecule has 7 heteroatoms. The van der Waals surface area contributed by atoms with Crippen LogP contribution in [0.25, 0.3) is 11.2 Å². The first-order chi connectivity index (χ1) is 7.18. The van der Waals surface area contributed by atoms with Gasteiger partial charge in [-0.1, -0.05) is 0 Å². The minimum atomic E-state index is -0.939. The molecule has 0 radical (unpaired) electrons. The zero-order valence-corrected chi connectivity index (χ0v) is 7.95. The second kappa shape index (κ2) is 3.52. The average molecular weight is 207 g/mol. The molecule has 78 valence electrons. The van der Waals surface area contributed by atoms with Gasteiger partial charge >= 0.3 is 5.97 Å². The van der Waals surface area contributed by atoms with Crippen molar-refractivity contribution in [2.75, 3.05) is 5.43 Å². The molecule has 0 amide bonds. The number of nitrogens with zero attached hydrogens (tertiary/aromatic N) is 4. The van der Waals surface area contributed by atoms with E-state index in [-0.39, 0.29) is 0 Å². The lowest BCUT2D eigenvalue weighted by Gasteiger charge is -2.10. The highest BCUT2D eigenvalue weighted by Gasteiger charge is 2.12. The van der Waals surface area contributed by atoms with Gasteiger partial charge in [-0.25, -0.2) is 24.4 Å². The Morgan fingerprint density at radius 1 is 1.60 bits per heavy atom. The van der Waals surface area contributed by atoms with Crippen LogP contribution in [0.3, 0.4) is 0 Å². The van der Waals surface area contributed by atoms with E-state index in [0.717, 1.165) is 0 Å². The van der Waals surface area contributed by atoms with Gasteiger partial charge in [0.15, 0.2) is 5.65 Å². The second-order valence-corrected chi connectivity index (χ2v) is 3.04. The van der Waals surface area contributed by atoms with Gasteiger partial charge in [0.05, 0.1) is 6.20 Å². The predicted octanol–water partition coefficient (Wildman–Crippen LogP) is -0.157. The topological polar surface area (TPSA) is 92.9 Å². The molecule has 2 aromatic heterocycles. The summed E-state index contributed by atoms with van der Waals surface area (Å²) in [6.45, 7) is 1.54. The summed E-state index contributed by atoms with van der Waals surface area (Å²) in [4.78, 5) is 22.4. The Morgan fingerprint density at radius 2 is 2.40 bits per heavy atom. The number of rotatable bonds is 3. The minimum Gasteiger partial charge on any atom is -0.480 e. The van der Waals surface area contributed by atoms with Crippen LogP contribution in [-0.2, 0) is 4.79 Å². The fourth-order valence-electron chi connectivity index (χ4n) is 1.13. The first kappa shape index (κ1) is 9.38. The molecular weight excluding hydrogens is 198 g/mol. The molecule has 2 rings (SSSR count). The molecule has 0 spiro atoms. The van der Waals surface area contributed by atoms with Crippen LogP contribution in [0.15, 0.2) is 18.9 Å². The van der Waals surface area contributed by atoms with Gasteiger partial charge in [0.1, 0.15) is 24.2 Å². The molecule has 7 nitrogen and oxygen atoms in total. The van der Waals surface area contributed by atoms with Crippen LogP contribution in [0.4, 0.5) is 0 Å². The maximum atomic E-state index is 10.6. The number of nitrogens with one attached hydrogen (secondary N) is 1. The Balaban J connectivity index is 2.32. The summed E-state index contributed by atoms with van der Waals surface area (Å²) < 4.78 is 1.47. The molecule has 2 N–H and O–H groups in total. The fourth-order valence-corrected chi connectivity index (χ4v) is 1.13. The molecular formula is C8H9N5O2. The summed E-state index contributed by atoms with van der Waals surface area (Å²) in [5.41, 5.74) is 3.90. The first-order valence-electron chi connectivity index (χ1n) is 4.31. The number of hydrogen-bond donors (Lipinski definition) is 2. The Labute approximate surface area is 84.8 Å². The van der Waals surface area contributed by atoms with Gasteiger partial charge in [-0.2, -0.15) is 0 Å². The Bertz CT molecular complexity index is 494. The average Bonchev–Trinajstić information content (AvgIpc) is 2.62. The third kappa shape index (κ3) is 1.71. The van der Waals surface area contributed by atoms with Crippen LogP contribution in [0, 0.1) is 0 Å². The zero-order chi connectivity index (χ0) is 10.8. The van der Waals surface area contributed by atoms with Gasteiger partial charge < -0.3 is 10.5 Å². The van der Waals surface area contributed by atoms with E-state index in [2.05, 4.69) is 20.4 Å². The zero-order valence-electron chi connectivity index (χ0n) is 7.95. The summed E-state index contributed by atoms with van der Waals surface area (Å²) in [5, 5.41) is 8.72. The van der Waals surface area contributed by atoms with Crippen molar-refractivity contribution in [3.05, 3.63) is 18.9 Å². The molecule has 0 saturated heterocycles. The SMILES string of the molecule is CC(Nn1cnc2cncnc21)C(=O)O. The minimum absolute atomic E-state index is 0.554. The molecule has 1 unspecified atom stereocenters. The standard InChI is InChI=1S/C8H9N5O2/c1-5(8(14)15)12-13-4-11-6-2-9-3-10-7(6)13/h2-5,12H,1H3,(H,14,15). The largest absolute Gasteiger partial charge is 0.480 e. The molecule has 15 heavy (non-hydrogen) atoms. The number of imidazole rings is 1. The number of carboxylic acid groups (broad SMARTS) is 1. The number of hydrogen-bond acceptors (Lipinski definition) is 5. The van der Waals surface area contributed by atoms with Gasteiger partial charge in [0.25, 0.3) is 0 Å². The summed E-state index contributed by atoms with van der Waals surface area (Å²) in [7, 11) is 0. The molecule has 0 aliphatic rings. The van der Waals surface area contributed by atoms with E-state index in [4.69, 9.17) is 5.11 Å². The predicted molar refractivity (Wildman–Crippen MR) is 51.8 cm³/mol. The van der Waals surface area contributed by atoms with Crippen molar-refractivity contribution < 1.29 is 9.90 Å². The highest BCUT2D eigenvalue weighted by molar-refractivity contribution is 5.75. The normalized spacial score (nSPS) is 12.6. The van der Waals surface area contributed by atoms with Crippen molar-refractivity contribution >= 4 is 17.1 Å².